The minimum atomic E-state index is -0.0958. The minimum absolute atomic E-state index is 0.0958. The van der Waals surface area contributed by atoms with Crippen LogP contribution in [0, 0.1) is 0 Å². The largest absolute Gasteiger partial charge is 0.360 e. The van der Waals surface area contributed by atoms with Crippen molar-refractivity contribution in [3.05, 3.63) is 17.5 Å². The predicted molar refractivity (Wildman–Crippen MR) is 81.8 cm³/mol. The summed E-state index contributed by atoms with van der Waals surface area (Å²) >= 11 is 0. The van der Waals surface area contributed by atoms with Crippen molar-refractivity contribution in [2.45, 2.75) is 56.1 Å². The van der Waals surface area contributed by atoms with Crippen LogP contribution in [0.15, 0.2) is 10.6 Å². The quantitative estimate of drug-likeness (QED) is 0.824. The molecule has 1 aromatic heterocycles. The number of rotatable bonds is 6. The Hall–Kier alpha value is -1.40. The standard InChI is InChI=1S/C16H24N4O2/c1-17-8-13-6-11(9-20(13)12-4-5-12)18-16(21)14-7-15(22-19-14)10-2-3-10/h7,10-13,17H,2-6,8-9H2,1H3,(H,18,21). The Bertz CT molecular complexity index is 550. The fourth-order valence-corrected chi connectivity index (χ4v) is 3.55. The third-order valence-corrected chi connectivity index (χ3v) is 4.99. The van der Waals surface area contributed by atoms with Gasteiger partial charge in [0.25, 0.3) is 5.91 Å². The van der Waals surface area contributed by atoms with Crippen molar-refractivity contribution in [3.8, 4) is 0 Å². The molecular weight excluding hydrogens is 280 g/mol. The molecule has 0 radical (unpaired) electrons. The highest BCUT2D eigenvalue weighted by molar-refractivity contribution is 5.92. The van der Waals surface area contributed by atoms with E-state index in [0.717, 1.165) is 44.2 Å². The number of carbonyl (C=O) groups is 1. The van der Waals surface area contributed by atoms with Gasteiger partial charge in [0.2, 0.25) is 0 Å². The second-order valence-corrected chi connectivity index (χ2v) is 6.93. The summed E-state index contributed by atoms with van der Waals surface area (Å²) in [5.74, 6) is 1.26. The van der Waals surface area contributed by atoms with Crippen LogP contribution in [0.2, 0.25) is 0 Å². The zero-order chi connectivity index (χ0) is 15.1. The summed E-state index contributed by atoms with van der Waals surface area (Å²) < 4.78 is 5.27. The van der Waals surface area contributed by atoms with Crippen LogP contribution >= 0.6 is 0 Å². The Morgan fingerprint density at radius 1 is 1.41 bits per heavy atom. The zero-order valence-corrected chi connectivity index (χ0v) is 13.0. The van der Waals surface area contributed by atoms with Gasteiger partial charge in [0.15, 0.2) is 5.69 Å². The van der Waals surface area contributed by atoms with Crippen LogP contribution in [0.3, 0.4) is 0 Å². The van der Waals surface area contributed by atoms with Gasteiger partial charge < -0.3 is 15.2 Å². The maximum absolute atomic E-state index is 12.3. The lowest BCUT2D eigenvalue weighted by molar-refractivity contribution is 0.0928. The average Bonchev–Trinajstić information content (AvgIpc) is 3.43. The molecule has 2 saturated carbocycles. The highest BCUT2D eigenvalue weighted by Crippen LogP contribution is 2.40. The Balaban J connectivity index is 1.36. The number of nitrogens with one attached hydrogen (secondary N) is 2. The van der Waals surface area contributed by atoms with Crippen molar-refractivity contribution >= 4 is 5.91 Å². The molecule has 0 bridgehead atoms. The van der Waals surface area contributed by atoms with Crippen molar-refractivity contribution in [3.63, 3.8) is 0 Å². The first-order chi connectivity index (χ1) is 10.7. The fraction of sp³-hybridized carbons (Fsp3) is 0.750. The van der Waals surface area contributed by atoms with Crippen LogP contribution in [0.25, 0.3) is 0 Å². The number of hydrogen-bond acceptors (Lipinski definition) is 5. The Kier molecular flexibility index (Phi) is 3.66. The van der Waals surface area contributed by atoms with E-state index < -0.39 is 0 Å². The van der Waals surface area contributed by atoms with Crippen LogP contribution in [-0.2, 0) is 0 Å². The Labute approximate surface area is 130 Å². The lowest BCUT2D eigenvalue weighted by atomic mass is 10.1. The number of likely N-dealkylation sites (tertiary alicyclic amines) is 1. The van der Waals surface area contributed by atoms with Gasteiger partial charge in [-0.2, -0.15) is 0 Å². The van der Waals surface area contributed by atoms with Crippen molar-refractivity contribution < 1.29 is 9.32 Å². The van der Waals surface area contributed by atoms with Gasteiger partial charge in [-0.15, -0.1) is 0 Å². The summed E-state index contributed by atoms with van der Waals surface area (Å²) in [7, 11) is 1.99. The lowest BCUT2D eigenvalue weighted by Gasteiger charge is -2.23. The van der Waals surface area contributed by atoms with Crippen molar-refractivity contribution in [2.75, 3.05) is 20.1 Å². The summed E-state index contributed by atoms with van der Waals surface area (Å²) in [4.78, 5) is 14.9. The maximum Gasteiger partial charge on any atom is 0.273 e. The molecule has 22 heavy (non-hydrogen) atoms. The molecule has 6 nitrogen and oxygen atoms in total. The molecule has 0 aromatic carbocycles. The Morgan fingerprint density at radius 3 is 2.91 bits per heavy atom. The number of amides is 1. The van der Waals surface area contributed by atoms with Gasteiger partial charge in [0, 0.05) is 43.2 Å². The van der Waals surface area contributed by atoms with E-state index in [-0.39, 0.29) is 11.9 Å². The summed E-state index contributed by atoms with van der Waals surface area (Å²) in [5.41, 5.74) is 0.428. The van der Waals surface area contributed by atoms with Gasteiger partial charge in [0.1, 0.15) is 5.76 Å². The highest BCUT2D eigenvalue weighted by Gasteiger charge is 2.41. The van der Waals surface area contributed by atoms with Gasteiger partial charge in [-0.25, -0.2) is 0 Å². The average molecular weight is 304 g/mol. The molecular formula is C16H24N4O2. The molecule has 6 heteroatoms. The van der Waals surface area contributed by atoms with E-state index in [1.807, 2.05) is 13.1 Å². The van der Waals surface area contributed by atoms with Crippen molar-refractivity contribution in [1.29, 1.82) is 0 Å². The van der Waals surface area contributed by atoms with E-state index in [0.29, 0.717) is 17.7 Å². The molecule has 3 aliphatic rings. The van der Waals surface area contributed by atoms with Crippen LogP contribution < -0.4 is 10.6 Å². The molecule has 1 aliphatic heterocycles. The van der Waals surface area contributed by atoms with Crippen molar-refractivity contribution in [2.24, 2.45) is 0 Å². The van der Waals surface area contributed by atoms with Crippen LogP contribution in [0.5, 0.6) is 0 Å². The SMILES string of the molecule is CNCC1CC(NC(=O)c2cc(C3CC3)on2)CN1C1CC1. The number of hydrogen-bond donors (Lipinski definition) is 2. The van der Waals surface area contributed by atoms with Gasteiger partial charge >= 0.3 is 0 Å². The van der Waals surface area contributed by atoms with Crippen molar-refractivity contribution in [1.82, 2.24) is 20.7 Å². The number of likely N-dealkylation sites (N-methyl/N-ethyl adjacent to an activating group) is 1. The van der Waals surface area contributed by atoms with E-state index in [9.17, 15) is 4.79 Å². The smallest absolute Gasteiger partial charge is 0.273 e. The molecule has 1 amide bonds. The van der Waals surface area contributed by atoms with E-state index >= 15 is 0 Å². The van der Waals surface area contributed by atoms with Crippen LogP contribution in [0.1, 0.15) is 54.3 Å². The molecule has 1 saturated heterocycles. The minimum Gasteiger partial charge on any atom is -0.360 e. The first-order valence-electron chi connectivity index (χ1n) is 8.42. The van der Waals surface area contributed by atoms with E-state index in [1.54, 1.807) is 0 Å². The lowest BCUT2D eigenvalue weighted by Crippen LogP contribution is -2.39. The summed E-state index contributed by atoms with van der Waals surface area (Å²) in [6.07, 6.45) is 5.92. The van der Waals surface area contributed by atoms with Gasteiger partial charge in [-0.1, -0.05) is 5.16 Å². The van der Waals surface area contributed by atoms with Gasteiger partial charge in [-0.3, -0.25) is 9.69 Å². The number of nitrogens with zero attached hydrogens (tertiary/aromatic N) is 2. The van der Waals surface area contributed by atoms with Gasteiger partial charge in [0.05, 0.1) is 0 Å². The Morgan fingerprint density at radius 2 is 2.23 bits per heavy atom. The number of carbonyl (C=O) groups excluding carboxylic acids is 1. The topological polar surface area (TPSA) is 70.4 Å². The first kappa shape index (κ1) is 14.2. The zero-order valence-electron chi connectivity index (χ0n) is 13.0. The molecule has 3 fully saturated rings. The predicted octanol–water partition coefficient (Wildman–Crippen LogP) is 1.11. The summed E-state index contributed by atoms with van der Waals surface area (Å²) in [6.45, 7) is 1.94. The molecule has 120 valence electrons. The van der Waals surface area contributed by atoms with Crippen LogP contribution in [0.4, 0.5) is 0 Å². The molecule has 2 unspecified atom stereocenters. The van der Waals surface area contributed by atoms with E-state index in [2.05, 4.69) is 20.7 Å². The normalized spacial score (nSPS) is 29.0. The molecule has 1 aromatic rings. The van der Waals surface area contributed by atoms with Crippen LogP contribution in [-0.4, -0.2) is 54.2 Å². The first-order valence-corrected chi connectivity index (χ1v) is 8.42. The third-order valence-electron chi connectivity index (χ3n) is 4.99. The molecule has 4 rings (SSSR count). The molecule has 2 heterocycles. The maximum atomic E-state index is 12.3. The van der Waals surface area contributed by atoms with E-state index in [4.69, 9.17) is 4.52 Å². The highest BCUT2D eigenvalue weighted by atomic mass is 16.5. The number of aromatic nitrogens is 1. The second-order valence-electron chi connectivity index (χ2n) is 6.93. The molecule has 0 spiro atoms. The van der Waals surface area contributed by atoms with Gasteiger partial charge in [-0.05, 0) is 39.2 Å². The molecule has 2 N–H and O–H groups in total. The molecule has 2 aliphatic carbocycles. The summed E-state index contributed by atoms with van der Waals surface area (Å²) in [5, 5.41) is 10.3. The second kappa shape index (κ2) is 5.66. The fourth-order valence-electron chi connectivity index (χ4n) is 3.55. The summed E-state index contributed by atoms with van der Waals surface area (Å²) in [6, 6.07) is 3.29. The molecule has 2 atom stereocenters. The monoisotopic (exact) mass is 304 g/mol. The third kappa shape index (κ3) is 2.90. The van der Waals surface area contributed by atoms with E-state index in [1.165, 1.54) is 12.8 Å².